The first-order valence-corrected chi connectivity index (χ1v) is 6.22. The van der Waals surface area contributed by atoms with Gasteiger partial charge in [-0.3, -0.25) is 0 Å². The molecule has 1 aromatic carbocycles. The highest BCUT2D eigenvalue weighted by Crippen LogP contribution is 2.22. The van der Waals surface area contributed by atoms with E-state index < -0.39 is 0 Å². The number of hydrogen-bond donors (Lipinski definition) is 1. The van der Waals surface area contributed by atoms with Crippen LogP contribution in [0.4, 0.5) is 0 Å². The molecule has 0 saturated heterocycles. The summed E-state index contributed by atoms with van der Waals surface area (Å²) in [6, 6.07) is 8.51. The van der Waals surface area contributed by atoms with Gasteiger partial charge in [0.1, 0.15) is 0 Å². The molecule has 0 aliphatic carbocycles. The summed E-state index contributed by atoms with van der Waals surface area (Å²) in [6.07, 6.45) is 0. The van der Waals surface area contributed by atoms with Crippen molar-refractivity contribution in [3.63, 3.8) is 0 Å². The van der Waals surface area contributed by atoms with Crippen molar-refractivity contribution in [2.24, 2.45) is 5.92 Å². The maximum Gasteiger partial charge on any atom is 0.0377 e. The van der Waals surface area contributed by atoms with E-state index >= 15 is 0 Å². The van der Waals surface area contributed by atoms with Crippen LogP contribution in [0.2, 0.25) is 0 Å². The standard InChI is InChI=1S/C13H20BrN/c1-10(2)9-15-13(3,4)11-5-7-12(14)8-6-11/h5-8,10,15H,9H2,1-4H3. The van der Waals surface area contributed by atoms with E-state index in [1.165, 1.54) is 5.56 Å². The first kappa shape index (κ1) is 12.7. The SMILES string of the molecule is CC(C)CNC(C)(C)c1ccc(Br)cc1. The van der Waals surface area contributed by atoms with Gasteiger partial charge in [-0.2, -0.15) is 0 Å². The second-order valence-electron chi connectivity index (χ2n) is 4.91. The molecular formula is C13H20BrN. The molecule has 2 heteroatoms. The Morgan fingerprint density at radius 3 is 2.20 bits per heavy atom. The number of rotatable bonds is 4. The lowest BCUT2D eigenvalue weighted by Crippen LogP contribution is -2.38. The van der Waals surface area contributed by atoms with Crippen molar-refractivity contribution in [2.45, 2.75) is 33.2 Å². The summed E-state index contributed by atoms with van der Waals surface area (Å²) in [5, 5.41) is 3.58. The Balaban J connectivity index is 2.72. The van der Waals surface area contributed by atoms with Crippen LogP contribution in [0.5, 0.6) is 0 Å². The molecule has 0 saturated carbocycles. The summed E-state index contributed by atoms with van der Waals surface area (Å²) < 4.78 is 1.13. The van der Waals surface area contributed by atoms with Crippen molar-refractivity contribution in [3.8, 4) is 0 Å². The van der Waals surface area contributed by atoms with Crippen LogP contribution in [-0.4, -0.2) is 6.54 Å². The van der Waals surface area contributed by atoms with Gasteiger partial charge in [-0.1, -0.05) is 41.9 Å². The Morgan fingerprint density at radius 1 is 1.20 bits per heavy atom. The molecule has 1 nitrogen and oxygen atoms in total. The van der Waals surface area contributed by atoms with E-state index in [0.717, 1.165) is 11.0 Å². The summed E-state index contributed by atoms with van der Waals surface area (Å²) in [4.78, 5) is 0. The van der Waals surface area contributed by atoms with Crippen molar-refractivity contribution in [1.29, 1.82) is 0 Å². The quantitative estimate of drug-likeness (QED) is 0.874. The molecule has 0 aromatic heterocycles. The first-order chi connectivity index (χ1) is 6.92. The van der Waals surface area contributed by atoms with Gasteiger partial charge in [0.25, 0.3) is 0 Å². The van der Waals surface area contributed by atoms with Crippen LogP contribution in [0.15, 0.2) is 28.7 Å². The highest BCUT2D eigenvalue weighted by Gasteiger charge is 2.19. The minimum Gasteiger partial charge on any atom is -0.308 e. The van der Waals surface area contributed by atoms with E-state index in [1.807, 2.05) is 0 Å². The van der Waals surface area contributed by atoms with Gasteiger partial charge in [-0.15, -0.1) is 0 Å². The lowest BCUT2D eigenvalue weighted by atomic mass is 9.94. The fraction of sp³-hybridized carbons (Fsp3) is 0.538. The Hall–Kier alpha value is -0.340. The smallest absolute Gasteiger partial charge is 0.0377 e. The normalized spacial score (nSPS) is 12.1. The molecule has 0 aliphatic rings. The Morgan fingerprint density at radius 2 is 1.73 bits per heavy atom. The zero-order valence-electron chi connectivity index (χ0n) is 9.97. The summed E-state index contributed by atoms with van der Waals surface area (Å²) in [6.45, 7) is 9.94. The topological polar surface area (TPSA) is 12.0 Å². The Kier molecular flexibility index (Phi) is 4.35. The Bertz CT molecular complexity index is 301. The minimum atomic E-state index is 0.0466. The number of nitrogens with one attached hydrogen (secondary N) is 1. The highest BCUT2D eigenvalue weighted by molar-refractivity contribution is 9.10. The third kappa shape index (κ3) is 3.96. The van der Waals surface area contributed by atoms with Gasteiger partial charge in [-0.05, 0) is 44.0 Å². The second-order valence-corrected chi connectivity index (χ2v) is 5.82. The van der Waals surface area contributed by atoms with Gasteiger partial charge in [0.2, 0.25) is 0 Å². The summed E-state index contributed by atoms with van der Waals surface area (Å²) >= 11 is 3.45. The van der Waals surface area contributed by atoms with E-state index in [0.29, 0.717) is 5.92 Å². The zero-order chi connectivity index (χ0) is 11.5. The molecule has 0 heterocycles. The van der Waals surface area contributed by atoms with Gasteiger partial charge in [0.05, 0.1) is 0 Å². The molecule has 15 heavy (non-hydrogen) atoms. The monoisotopic (exact) mass is 269 g/mol. The average Bonchev–Trinajstić information content (AvgIpc) is 2.16. The molecule has 0 bridgehead atoms. The predicted molar refractivity (Wildman–Crippen MR) is 70.0 cm³/mol. The molecule has 84 valence electrons. The van der Waals surface area contributed by atoms with Crippen molar-refractivity contribution in [3.05, 3.63) is 34.3 Å². The Labute approximate surface area is 101 Å². The largest absolute Gasteiger partial charge is 0.308 e. The second kappa shape index (κ2) is 5.13. The van der Waals surface area contributed by atoms with Crippen LogP contribution in [0, 0.1) is 5.92 Å². The lowest BCUT2D eigenvalue weighted by molar-refractivity contribution is 0.374. The van der Waals surface area contributed by atoms with Gasteiger partial charge < -0.3 is 5.32 Å². The number of halogens is 1. The van der Waals surface area contributed by atoms with E-state index in [2.05, 4.69) is 73.2 Å². The third-order valence-corrected chi connectivity index (χ3v) is 3.05. The molecule has 1 rings (SSSR count). The maximum absolute atomic E-state index is 3.58. The minimum absolute atomic E-state index is 0.0466. The number of hydrogen-bond acceptors (Lipinski definition) is 1. The molecule has 0 atom stereocenters. The number of benzene rings is 1. The summed E-state index contributed by atoms with van der Waals surface area (Å²) in [5.74, 6) is 0.680. The van der Waals surface area contributed by atoms with Crippen LogP contribution in [0.3, 0.4) is 0 Å². The maximum atomic E-state index is 3.58. The van der Waals surface area contributed by atoms with Crippen LogP contribution in [0.25, 0.3) is 0 Å². The van der Waals surface area contributed by atoms with Gasteiger partial charge >= 0.3 is 0 Å². The van der Waals surface area contributed by atoms with Crippen LogP contribution in [-0.2, 0) is 5.54 Å². The van der Waals surface area contributed by atoms with Crippen molar-refractivity contribution < 1.29 is 0 Å². The lowest BCUT2D eigenvalue weighted by Gasteiger charge is -2.28. The van der Waals surface area contributed by atoms with E-state index in [1.54, 1.807) is 0 Å². The predicted octanol–water partition coefficient (Wildman–Crippen LogP) is 3.93. The van der Waals surface area contributed by atoms with Crippen molar-refractivity contribution in [2.75, 3.05) is 6.54 Å². The molecule has 0 fully saturated rings. The average molecular weight is 270 g/mol. The van der Waals surface area contributed by atoms with Crippen LogP contribution < -0.4 is 5.32 Å². The van der Waals surface area contributed by atoms with E-state index in [9.17, 15) is 0 Å². The summed E-state index contributed by atoms with van der Waals surface area (Å²) in [7, 11) is 0. The zero-order valence-corrected chi connectivity index (χ0v) is 11.6. The molecule has 0 aliphatic heterocycles. The molecule has 0 spiro atoms. The van der Waals surface area contributed by atoms with Gasteiger partial charge in [0, 0.05) is 10.0 Å². The highest BCUT2D eigenvalue weighted by atomic mass is 79.9. The van der Waals surface area contributed by atoms with Gasteiger partial charge in [-0.25, -0.2) is 0 Å². The molecule has 0 amide bonds. The van der Waals surface area contributed by atoms with Crippen LogP contribution >= 0.6 is 15.9 Å². The molecule has 0 unspecified atom stereocenters. The fourth-order valence-corrected chi connectivity index (χ4v) is 1.69. The fourth-order valence-electron chi connectivity index (χ4n) is 1.43. The van der Waals surface area contributed by atoms with E-state index in [-0.39, 0.29) is 5.54 Å². The molecule has 1 N–H and O–H groups in total. The van der Waals surface area contributed by atoms with Crippen molar-refractivity contribution in [1.82, 2.24) is 5.32 Å². The van der Waals surface area contributed by atoms with E-state index in [4.69, 9.17) is 0 Å². The molecular weight excluding hydrogens is 250 g/mol. The van der Waals surface area contributed by atoms with Gasteiger partial charge in [0.15, 0.2) is 0 Å². The summed E-state index contributed by atoms with van der Waals surface area (Å²) in [5.41, 5.74) is 1.37. The molecule has 0 radical (unpaired) electrons. The first-order valence-electron chi connectivity index (χ1n) is 5.43. The third-order valence-electron chi connectivity index (χ3n) is 2.52. The molecule has 1 aromatic rings. The van der Waals surface area contributed by atoms with Crippen LogP contribution in [0.1, 0.15) is 33.3 Å². The van der Waals surface area contributed by atoms with Crippen molar-refractivity contribution >= 4 is 15.9 Å².